The van der Waals surface area contributed by atoms with E-state index in [0.717, 1.165) is 17.1 Å². The van der Waals surface area contributed by atoms with Crippen molar-refractivity contribution < 1.29 is 9.47 Å². The van der Waals surface area contributed by atoms with E-state index < -0.39 is 0 Å². The molecular weight excluding hydrogens is 250 g/mol. The summed E-state index contributed by atoms with van der Waals surface area (Å²) in [6.45, 7) is 4.96. The normalized spacial score (nSPS) is 12.2. The van der Waals surface area contributed by atoms with Crippen molar-refractivity contribution in [2.45, 2.75) is 26.4 Å². The van der Waals surface area contributed by atoms with Gasteiger partial charge in [-0.15, -0.1) is 0 Å². The number of hydrogen-bond acceptors (Lipinski definition) is 6. The molecule has 1 unspecified atom stereocenters. The van der Waals surface area contributed by atoms with Crippen LogP contribution < -0.4 is 14.8 Å². The highest BCUT2D eigenvalue weighted by Crippen LogP contribution is 2.23. The molecular formula is C12H21N3O2S. The number of methoxy groups -OCH3 is 2. The largest absolute Gasteiger partial charge is 0.481 e. The molecule has 0 aromatic carbocycles. The number of nitrogens with one attached hydrogen (secondary N) is 1. The summed E-state index contributed by atoms with van der Waals surface area (Å²) in [6.07, 6.45) is 1.44. The minimum absolute atomic E-state index is 0.421. The average molecular weight is 271 g/mol. The maximum Gasteiger partial charge on any atom is 0.224 e. The van der Waals surface area contributed by atoms with Crippen LogP contribution in [0.5, 0.6) is 11.8 Å². The highest BCUT2D eigenvalue weighted by atomic mass is 32.2. The zero-order valence-electron chi connectivity index (χ0n) is 11.4. The number of rotatable bonds is 8. The summed E-state index contributed by atoms with van der Waals surface area (Å²) < 4.78 is 10.4. The molecule has 0 amide bonds. The molecule has 0 bridgehead atoms. The van der Waals surface area contributed by atoms with Crippen molar-refractivity contribution in [2.75, 3.05) is 25.7 Å². The highest BCUT2D eigenvalue weighted by molar-refractivity contribution is 7.99. The van der Waals surface area contributed by atoms with E-state index in [1.165, 1.54) is 6.33 Å². The Labute approximate surface area is 113 Å². The Morgan fingerprint density at radius 3 is 2.39 bits per heavy atom. The molecule has 0 fully saturated rings. The summed E-state index contributed by atoms with van der Waals surface area (Å²) in [4.78, 5) is 8.17. The van der Waals surface area contributed by atoms with Gasteiger partial charge in [-0.1, -0.05) is 6.92 Å². The fourth-order valence-corrected chi connectivity index (χ4v) is 2.22. The molecule has 1 N–H and O–H groups in total. The molecule has 5 nitrogen and oxygen atoms in total. The third kappa shape index (κ3) is 4.34. The molecule has 1 atom stereocenters. The second-order valence-corrected chi connectivity index (χ2v) is 5.13. The van der Waals surface area contributed by atoms with Crippen LogP contribution in [-0.2, 0) is 6.54 Å². The van der Waals surface area contributed by atoms with E-state index in [1.807, 2.05) is 11.8 Å². The highest BCUT2D eigenvalue weighted by Gasteiger charge is 2.13. The van der Waals surface area contributed by atoms with Gasteiger partial charge in [-0.3, -0.25) is 0 Å². The minimum Gasteiger partial charge on any atom is -0.481 e. The Morgan fingerprint density at radius 2 is 1.89 bits per heavy atom. The summed E-state index contributed by atoms with van der Waals surface area (Å²) in [7, 11) is 3.20. The van der Waals surface area contributed by atoms with E-state index in [9.17, 15) is 0 Å². The van der Waals surface area contributed by atoms with Gasteiger partial charge in [0.1, 0.15) is 6.33 Å². The Morgan fingerprint density at radius 1 is 1.28 bits per heavy atom. The van der Waals surface area contributed by atoms with Crippen LogP contribution in [0.4, 0.5) is 0 Å². The monoisotopic (exact) mass is 271 g/mol. The van der Waals surface area contributed by atoms with Gasteiger partial charge in [0, 0.05) is 18.3 Å². The lowest BCUT2D eigenvalue weighted by atomic mass is 10.2. The van der Waals surface area contributed by atoms with Crippen molar-refractivity contribution in [1.82, 2.24) is 15.3 Å². The lowest BCUT2D eigenvalue weighted by molar-refractivity contribution is 0.358. The second kappa shape index (κ2) is 8.16. The van der Waals surface area contributed by atoms with Gasteiger partial charge in [0.2, 0.25) is 11.8 Å². The number of hydrogen-bond donors (Lipinski definition) is 1. The smallest absolute Gasteiger partial charge is 0.224 e. The van der Waals surface area contributed by atoms with Gasteiger partial charge >= 0.3 is 0 Å². The third-order valence-electron chi connectivity index (χ3n) is 2.45. The first-order chi connectivity index (χ1) is 8.72. The van der Waals surface area contributed by atoms with Gasteiger partial charge in [0.25, 0.3) is 0 Å². The van der Waals surface area contributed by atoms with E-state index in [-0.39, 0.29) is 0 Å². The van der Waals surface area contributed by atoms with E-state index in [1.54, 1.807) is 14.2 Å². The molecule has 1 aromatic rings. The van der Waals surface area contributed by atoms with Crippen molar-refractivity contribution >= 4 is 11.8 Å². The topological polar surface area (TPSA) is 56.3 Å². The third-order valence-corrected chi connectivity index (χ3v) is 3.60. The molecule has 0 spiro atoms. The molecule has 1 rings (SSSR count). The summed E-state index contributed by atoms with van der Waals surface area (Å²) in [5.41, 5.74) is 0.857. The van der Waals surface area contributed by atoms with E-state index >= 15 is 0 Å². The Bertz CT molecular complexity index is 341. The first-order valence-electron chi connectivity index (χ1n) is 5.95. The fraction of sp³-hybridized carbons (Fsp3) is 0.667. The molecule has 0 aliphatic rings. The zero-order chi connectivity index (χ0) is 13.4. The van der Waals surface area contributed by atoms with E-state index in [2.05, 4.69) is 29.1 Å². The number of nitrogens with zero attached hydrogens (tertiary/aromatic N) is 2. The van der Waals surface area contributed by atoms with Crippen LogP contribution in [0, 0.1) is 0 Å². The molecule has 0 saturated carbocycles. The number of ether oxygens (including phenoxy) is 2. The Kier molecular flexibility index (Phi) is 6.82. The molecule has 1 heterocycles. The minimum atomic E-state index is 0.421. The first-order valence-corrected chi connectivity index (χ1v) is 7.11. The van der Waals surface area contributed by atoms with Crippen LogP contribution in [-0.4, -0.2) is 41.7 Å². The summed E-state index contributed by atoms with van der Waals surface area (Å²) >= 11 is 1.92. The molecule has 0 aliphatic heterocycles. The molecule has 0 aliphatic carbocycles. The van der Waals surface area contributed by atoms with Crippen molar-refractivity contribution in [3.8, 4) is 11.8 Å². The number of thioether (sulfide) groups is 1. The Balaban J connectivity index is 2.65. The zero-order valence-corrected chi connectivity index (χ0v) is 12.2. The quantitative estimate of drug-likeness (QED) is 0.777. The van der Waals surface area contributed by atoms with Gasteiger partial charge in [-0.2, -0.15) is 11.8 Å². The van der Waals surface area contributed by atoms with Crippen LogP contribution in [0.3, 0.4) is 0 Å². The van der Waals surface area contributed by atoms with E-state index in [4.69, 9.17) is 9.47 Å². The molecule has 0 radical (unpaired) electrons. The maximum absolute atomic E-state index is 5.22. The van der Waals surface area contributed by atoms with Gasteiger partial charge in [0.05, 0.1) is 19.8 Å². The Hall–Kier alpha value is -1.01. The molecule has 18 heavy (non-hydrogen) atoms. The van der Waals surface area contributed by atoms with Crippen LogP contribution in [0.2, 0.25) is 0 Å². The summed E-state index contributed by atoms with van der Waals surface area (Å²) in [6, 6.07) is 0.421. The molecule has 1 aromatic heterocycles. The van der Waals surface area contributed by atoms with Crippen molar-refractivity contribution in [3.05, 3.63) is 11.9 Å². The molecule has 0 saturated heterocycles. The lowest BCUT2D eigenvalue weighted by Gasteiger charge is -2.15. The number of aromatic nitrogens is 2. The lowest BCUT2D eigenvalue weighted by Crippen LogP contribution is -2.28. The average Bonchev–Trinajstić information content (AvgIpc) is 2.42. The SMILES string of the molecule is CCSCC(C)NCc1c(OC)ncnc1OC. The van der Waals surface area contributed by atoms with Crippen LogP contribution in [0.1, 0.15) is 19.4 Å². The molecule has 102 valence electrons. The standard InChI is InChI=1S/C12H21N3O2S/c1-5-18-7-9(2)13-6-10-11(16-3)14-8-15-12(10)17-4/h8-9,13H,5-7H2,1-4H3. The summed E-state index contributed by atoms with van der Waals surface area (Å²) in [5, 5.41) is 3.42. The van der Waals surface area contributed by atoms with Gasteiger partial charge < -0.3 is 14.8 Å². The summed E-state index contributed by atoms with van der Waals surface area (Å²) in [5.74, 6) is 3.33. The molecule has 6 heteroatoms. The van der Waals surface area contributed by atoms with Crippen LogP contribution in [0.25, 0.3) is 0 Å². The predicted molar refractivity (Wildman–Crippen MR) is 74.4 cm³/mol. The van der Waals surface area contributed by atoms with Crippen molar-refractivity contribution in [2.24, 2.45) is 0 Å². The first kappa shape index (κ1) is 15.0. The van der Waals surface area contributed by atoms with Gasteiger partial charge in [-0.05, 0) is 12.7 Å². The predicted octanol–water partition coefficient (Wildman–Crippen LogP) is 1.73. The van der Waals surface area contributed by atoms with Crippen molar-refractivity contribution in [1.29, 1.82) is 0 Å². The second-order valence-electron chi connectivity index (χ2n) is 3.81. The fourth-order valence-electron chi connectivity index (χ4n) is 1.51. The van der Waals surface area contributed by atoms with Crippen molar-refractivity contribution in [3.63, 3.8) is 0 Å². The van der Waals surface area contributed by atoms with Crippen LogP contribution in [0.15, 0.2) is 6.33 Å². The van der Waals surface area contributed by atoms with Crippen LogP contribution >= 0.6 is 11.8 Å². The van der Waals surface area contributed by atoms with Gasteiger partial charge in [0.15, 0.2) is 0 Å². The van der Waals surface area contributed by atoms with E-state index in [0.29, 0.717) is 24.3 Å². The van der Waals surface area contributed by atoms with Gasteiger partial charge in [-0.25, -0.2) is 9.97 Å². The maximum atomic E-state index is 5.22.